The molecule has 16 heavy (non-hydrogen) atoms. The summed E-state index contributed by atoms with van der Waals surface area (Å²) in [7, 11) is 1.78. The van der Waals surface area contributed by atoms with E-state index in [1.807, 2.05) is 6.92 Å². The normalized spacial score (nSPS) is 23.4. The Labute approximate surface area is 100 Å². The molecule has 1 N–H and O–H groups in total. The van der Waals surface area contributed by atoms with Gasteiger partial charge in [0.1, 0.15) is 5.15 Å². The van der Waals surface area contributed by atoms with Gasteiger partial charge in [-0.05, 0) is 19.8 Å². The van der Waals surface area contributed by atoms with Crippen LogP contribution in [0, 0.1) is 12.8 Å². The molecule has 2 heterocycles. The van der Waals surface area contributed by atoms with E-state index in [0.29, 0.717) is 11.8 Å². The molecule has 0 radical (unpaired) electrons. The molecule has 2 rings (SSSR count). The lowest BCUT2D eigenvalue weighted by Gasteiger charge is -2.26. The number of nitrogens with zero attached hydrogens (tertiary/aromatic N) is 2. The van der Waals surface area contributed by atoms with Gasteiger partial charge in [-0.2, -0.15) is 5.10 Å². The van der Waals surface area contributed by atoms with Crippen molar-refractivity contribution in [2.24, 2.45) is 13.0 Å². The van der Waals surface area contributed by atoms with Crippen LogP contribution in [0.25, 0.3) is 0 Å². The van der Waals surface area contributed by atoms with Crippen LogP contribution in [0.3, 0.4) is 0 Å². The van der Waals surface area contributed by atoms with Crippen molar-refractivity contribution in [1.29, 1.82) is 0 Å². The van der Waals surface area contributed by atoms with Gasteiger partial charge in [-0.15, -0.1) is 0 Å². The number of hydrogen-bond donors (Lipinski definition) is 1. The van der Waals surface area contributed by atoms with E-state index >= 15 is 0 Å². The van der Waals surface area contributed by atoms with Crippen molar-refractivity contribution in [3.63, 3.8) is 0 Å². The van der Waals surface area contributed by atoms with Crippen molar-refractivity contribution in [2.45, 2.75) is 25.9 Å². The molecule has 1 aromatic rings. The number of aromatic nitrogens is 2. The lowest BCUT2D eigenvalue weighted by Crippen LogP contribution is -2.24. The van der Waals surface area contributed by atoms with Gasteiger partial charge in [0.2, 0.25) is 0 Å². The van der Waals surface area contributed by atoms with Gasteiger partial charge in [-0.1, -0.05) is 11.6 Å². The second-order valence-electron chi connectivity index (χ2n) is 4.34. The Morgan fingerprint density at radius 3 is 2.88 bits per heavy atom. The van der Waals surface area contributed by atoms with E-state index in [1.54, 1.807) is 11.7 Å². The third kappa shape index (κ3) is 2.10. The van der Waals surface area contributed by atoms with Crippen LogP contribution in [0.5, 0.6) is 0 Å². The zero-order valence-electron chi connectivity index (χ0n) is 9.61. The maximum atomic E-state index is 10.3. The first-order valence-electron chi connectivity index (χ1n) is 5.56. The van der Waals surface area contributed by atoms with E-state index < -0.39 is 6.10 Å². The maximum absolute atomic E-state index is 10.3. The molecule has 0 aliphatic carbocycles. The number of aliphatic hydroxyl groups excluding tert-OH is 1. The van der Waals surface area contributed by atoms with Crippen molar-refractivity contribution < 1.29 is 9.84 Å². The van der Waals surface area contributed by atoms with Gasteiger partial charge in [0, 0.05) is 25.1 Å². The van der Waals surface area contributed by atoms with Crippen LogP contribution >= 0.6 is 11.6 Å². The third-order valence-corrected chi connectivity index (χ3v) is 3.58. The lowest BCUT2D eigenvalue weighted by atomic mass is 9.91. The van der Waals surface area contributed by atoms with Gasteiger partial charge in [0.05, 0.1) is 18.4 Å². The summed E-state index contributed by atoms with van der Waals surface area (Å²) in [6.45, 7) is 3.27. The van der Waals surface area contributed by atoms with Gasteiger partial charge < -0.3 is 9.84 Å². The Bertz CT molecular complexity index is 372. The molecule has 90 valence electrons. The highest BCUT2D eigenvalue weighted by Gasteiger charge is 2.28. The first kappa shape index (κ1) is 11.9. The van der Waals surface area contributed by atoms with Crippen molar-refractivity contribution >= 4 is 11.6 Å². The smallest absolute Gasteiger partial charge is 0.132 e. The summed E-state index contributed by atoms with van der Waals surface area (Å²) >= 11 is 6.13. The second-order valence-corrected chi connectivity index (χ2v) is 4.69. The largest absolute Gasteiger partial charge is 0.388 e. The van der Waals surface area contributed by atoms with E-state index in [9.17, 15) is 5.11 Å². The first-order chi connectivity index (χ1) is 7.61. The third-order valence-electron chi connectivity index (χ3n) is 3.13. The summed E-state index contributed by atoms with van der Waals surface area (Å²) in [5.74, 6) is 0.133. The highest BCUT2D eigenvalue weighted by atomic mass is 35.5. The Morgan fingerprint density at radius 2 is 2.38 bits per heavy atom. The Hall–Kier alpha value is -0.580. The summed E-state index contributed by atoms with van der Waals surface area (Å²) in [6.07, 6.45) is 1.41. The van der Waals surface area contributed by atoms with Crippen LogP contribution in [-0.4, -0.2) is 28.1 Å². The second kappa shape index (κ2) is 4.73. The summed E-state index contributed by atoms with van der Waals surface area (Å²) in [4.78, 5) is 0. The maximum Gasteiger partial charge on any atom is 0.132 e. The Morgan fingerprint density at radius 1 is 1.62 bits per heavy atom. The topological polar surface area (TPSA) is 47.3 Å². The summed E-state index contributed by atoms with van der Waals surface area (Å²) in [6, 6.07) is 0. The predicted molar refractivity (Wildman–Crippen MR) is 61.5 cm³/mol. The van der Waals surface area contributed by atoms with E-state index in [2.05, 4.69) is 5.10 Å². The predicted octanol–water partition coefficient (Wildman–Crippen LogP) is 1.84. The molecule has 5 heteroatoms. The highest BCUT2D eigenvalue weighted by molar-refractivity contribution is 6.30. The van der Waals surface area contributed by atoms with Crippen molar-refractivity contribution in [3.8, 4) is 0 Å². The van der Waals surface area contributed by atoms with Crippen LogP contribution in [-0.2, 0) is 11.8 Å². The molecule has 1 aromatic heterocycles. The summed E-state index contributed by atoms with van der Waals surface area (Å²) in [5.41, 5.74) is 1.55. The fourth-order valence-electron chi connectivity index (χ4n) is 2.23. The molecule has 0 bridgehead atoms. The molecule has 1 saturated heterocycles. The van der Waals surface area contributed by atoms with Crippen LogP contribution in [0.15, 0.2) is 0 Å². The molecule has 0 amide bonds. The quantitative estimate of drug-likeness (QED) is 0.864. The number of halogens is 1. The summed E-state index contributed by atoms with van der Waals surface area (Å²) < 4.78 is 6.98. The zero-order chi connectivity index (χ0) is 11.7. The number of rotatable bonds is 2. The van der Waals surface area contributed by atoms with Crippen LogP contribution in [0.4, 0.5) is 0 Å². The molecule has 1 fully saturated rings. The minimum absolute atomic E-state index is 0.133. The molecule has 4 nitrogen and oxygen atoms in total. The number of aryl methyl sites for hydroxylation is 2. The van der Waals surface area contributed by atoms with Crippen molar-refractivity contribution in [3.05, 3.63) is 16.4 Å². The molecular weight excluding hydrogens is 228 g/mol. The first-order valence-corrected chi connectivity index (χ1v) is 5.94. The van der Waals surface area contributed by atoms with Gasteiger partial charge in [0.25, 0.3) is 0 Å². The lowest BCUT2D eigenvalue weighted by molar-refractivity contribution is -0.0101. The van der Waals surface area contributed by atoms with E-state index in [-0.39, 0.29) is 5.92 Å². The van der Waals surface area contributed by atoms with Crippen LogP contribution < -0.4 is 0 Å². The number of hydrogen-bond acceptors (Lipinski definition) is 3. The average Bonchev–Trinajstić information content (AvgIpc) is 2.54. The van der Waals surface area contributed by atoms with Crippen LogP contribution in [0.1, 0.15) is 30.2 Å². The van der Waals surface area contributed by atoms with Crippen molar-refractivity contribution in [1.82, 2.24) is 9.78 Å². The van der Waals surface area contributed by atoms with Crippen LogP contribution in [0.2, 0.25) is 5.15 Å². The van der Waals surface area contributed by atoms with Gasteiger partial charge in [-0.25, -0.2) is 0 Å². The Kier molecular flexibility index (Phi) is 3.52. The molecule has 2 unspecified atom stereocenters. The van der Waals surface area contributed by atoms with E-state index in [4.69, 9.17) is 16.3 Å². The standard InChI is InChI=1S/C11H17ClN2O2/c1-7-9(11(12)14(2)13-7)10(15)8-4-3-5-16-6-8/h8,10,15H,3-6H2,1-2H3. The van der Waals surface area contributed by atoms with Gasteiger partial charge in [-0.3, -0.25) is 4.68 Å². The van der Waals surface area contributed by atoms with Gasteiger partial charge >= 0.3 is 0 Å². The molecule has 1 aliphatic heterocycles. The number of ether oxygens (including phenoxy) is 1. The molecule has 1 aliphatic rings. The van der Waals surface area contributed by atoms with E-state index in [0.717, 1.165) is 30.7 Å². The Balaban J connectivity index is 2.22. The average molecular weight is 245 g/mol. The molecule has 0 aromatic carbocycles. The molecule has 0 saturated carbocycles. The zero-order valence-corrected chi connectivity index (χ0v) is 10.4. The van der Waals surface area contributed by atoms with Crippen molar-refractivity contribution in [2.75, 3.05) is 13.2 Å². The fraction of sp³-hybridized carbons (Fsp3) is 0.727. The molecule has 2 atom stereocenters. The molecule has 0 spiro atoms. The molecular formula is C11H17ClN2O2. The fourth-order valence-corrected chi connectivity index (χ4v) is 2.52. The number of aliphatic hydroxyl groups is 1. The van der Waals surface area contributed by atoms with Gasteiger partial charge in [0.15, 0.2) is 0 Å². The minimum atomic E-state index is -0.568. The highest BCUT2D eigenvalue weighted by Crippen LogP contribution is 2.34. The summed E-state index contributed by atoms with van der Waals surface area (Å²) in [5, 5.41) is 15.0. The minimum Gasteiger partial charge on any atom is -0.388 e. The monoisotopic (exact) mass is 244 g/mol. The SMILES string of the molecule is Cc1nn(C)c(Cl)c1C(O)C1CCCOC1. The van der Waals surface area contributed by atoms with E-state index in [1.165, 1.54) is 0 Å².